The maximum absolute atomic E-state index is 11.9. The van der Waals surface area contributed by atoms with Crippen LogP contribution in [-0.2, 0) is 9.53 Å². The minimum Gasteiger partial charge on any atom is -0.383 e. The maximum Gasteiger partial charge on any atom is 0.321 e. The van der Waals surface area contributed by atoms with E-state index in [1.807, 2.05) is 6.92 Å². The lowest BCUT2D eigenvalue weighted by Crippen LogP contribution is -2.41. The number of ether oxygens (including phenoxy) is 1. The van der Waals surface area contributed by atoms with E-state index in [0.29, 0.717) is 19.2 Å². The predicted molar refractivity (Wildman–Crippen MR) is 93.3 cm³/mol. The fraction of sp³-hybridized carbons (Fsp3) is 0.688. The fourth-order valence-electron chi connectivity index (χ4n) is 2.89. The lowest BCUT2D eigenvalue weighted by molar-refractivity contribution is -0.117. The smallest absolute Gasteiger partial charge is 0.321 e. The highest BCUT2D eigenvalue weighted by Gasteiger charge is 2.23. The van der Waals surface area contributed by atoms with E-state index in [2.05, 4.69) is 27.1 Å². The number of thioether (sulfide) groups is 1. The molecule has 2 rings (SSSR count). The van der Waals surface area contributed by atoms with Crippen LogP contribution in [0.1, 0.15) is 43.1 Å². The predicted octanol–water partition coefficient (Wildman–Crippen LogP) is 2.18. The van der Waals surface area contributed by atoms with Gasteiger partial charge in [-0.3, -0.25) is 10.1 Å². The summed E-state index contributed by atoms with van der Waals surface area (Å²) < 4.78 is 7.10. The number of carbonyl (C=O) groups is 2. The molecule has 1 saturated carbocycles. The number of imide groups is 1. The number of hydrogen-bond donors (Lipinski definition) is 2. The molecule has 1 aliphatic rings. The molecular weight excluding hydrogens is 328 g/mol. The average Bonchev–Trinajstić information content (AvgIpc) is 3.14. The second-order valence-corrected chi connectivity index (χ2v) is 6.90. The van der Waals surface area contributed by atoms with Crippen LogP contribution < -0.4 is 10.6 Å². The van der Waals surface area contributed by atoms with Crippen molar-refractivity contribution in [3.05, 3.63) is 11.4 Å². The molecule has 1 heterocycles. The molecule has 0 saturated heterocycles. The first-order chi connectivity index (χ1) is 11.5. The van der Waals surface area contributed by atoms with Crippen LogP contribution in [0.3, 0.4) is 0 Å². The molecule has 0 radical (unpaired) electrons. The van der Waals surface area contributed by atoms with Crippen LogP contribution >= 0.6 is 11.8 Å². The Morgan fingerprint density at radius 1 is 1.33 bits per heavy atom. The summed E-state index contributed by atoms with van der Waals surface area (Å²) in [6.45, 7) is 4.85. The number of nitrogens with zero attached hydrogens (tertiary/aromatic N) is 2. The van der Waals surface area contributed by atoms with Crippen molar-refractivity contribution in [2.75, 3.05) is 26.0 Å². The van der Waals surface area contributed by atoms with Crippen LogP contribution in [0.5, 0.6) is 0 Å². The van der Waals surface area contributed by atoms with Crippen LogP contribution in [0.15, 0.2) is 5.16 Å². The molecule has 0 aromatic carbocycles. The Balaban J connectivity index is 1.88. The molecule has 1 aromatic rings. The van der Waals surface area contributed by atoms with Crippen molar-refractivity contribution in [3.8, 4) is 0 Å². The van der Waals surface area contributed by atoms with Gasteiger partial charge in [0.05, 0.1) is 18.1 Å². The minimum absolute atomic E-state index is 0.167. The Hall–Kier alpha value is -1.54. The summed E-state index contributed by atoms with van der Waals surface area (Å²) in [4.78, 5) is 28.1. The largest absolute Gasteiger partial charge is 0.383 e. The van der Waals surface area contributed by atoms with Gasteiger partial charge in [-0.1, -0.05) is 24.6 Å². The van der Waals surface area contributed by atoms with E-state index in [4.69, 9.17) is 4.74 Å². The molecule has 0 aliphatic heterocycles. The van der Waals surface area contributed by atoms with Gasteiger partial charge in [0.1, 0.15) is 0 Å². The van der Waals surface area contributed by atoms with Gasteiger partial charge in [0, 0.05) is 25.4 Å². The molecule has 7 nitrogen and oxygen atoms in total. The number of aryl methyl sites for hydroxylation is 1. The molecule has 0 atom stereocenters. The normalized spacial score (nSPS) is 14.8. The number of hydrogen-bond acceptors (Lipinski definition) is 5. The number of amides is 3. The van der Waals surface area contributed by atoms with Crippen molar-refractivity contribution in [2.45, 2.75) is 50.7 Å². The second kappa shape index (κ2) is 9.08. The van der Waals surface area contributed by atoms with E-state index < -0.39 is 6.03 Å². The van der Waals surface area contributed by atoms with Crippen LogP contribution in [0, 0.1) is 13.8 Å². The molecule has 1 fully saturated rings. The number of methoxy groups -OCH3 is 1. The van der Waals surface area contributed by atoms with Crippen molar-refractivity contribution >= 4 is 23.7 Å². The zero-order valence-corrected chi connectivity index (χ0v) is 15.4. The quantitative estimate of drug-likeness (QED) is 0.579. The van der Waals surface area contributed by atoms with Crippen molar-refractivity contribution < 1.29 is 14.3 Å². The fourth-order valence-corrected chi connectivity index (χ4v) is 3.85. The molecule has 134 valence electrons. The topological polar surface area (TPSA) is 85.2 Å². The molecule has 3 amide bonds. The third-order valence-corrected chi connectivity index (χ3v) is 5.17. The third-order valence-electron chi connectivity index (χ3n) is 4.22. The lowest BCUT2D eigenvalue weighted by atomic mass is 10.2. The zero-order valence-electron chi connectivity index (χ0n) is 14.6. The summed E-state index contributed by atoms with van der Waals surface area (Å²) in [5, 5.41) is 5.74. The molecule has 2 N–H and O–H groups in total. The van der Waals surface area contributed by atoms with E-state index in [1.165, 1.54) is 30.3 Å². The molecule has 0 spiro atoms. The van der Waals surface area contributed by atoms with Crippen molar-refractivity contribution in [1.29, 1.82) is 0 Å². The molecule has 24 heavy (non-hydrogen) atoms. The first-order valence-corrected chi connectivity index (χ1v) is 9.26. The van der Waals surface area contributed by atoms with Gasteiger partial charge in [-0.2, -0.15) is 0 Å². The molecule has 1 aliphatic carbocycles. The van der Waals surface area contributed by atoms with Crippen LogP contribution in [0.4, 0.5) is 4.79 Å². The Morgan fingerprint density at radius 3 is 2.71 bits per heavy atom. The van der Waals surface area contributed by atoms with Gasteiger partial charge in [-0.25, -0.2) is 9.78 Å². The van der Waals surface area contributed by atoms with E-state index >= 15 is 0 Å². The first kappa shape index (κ1) is 18.8. The Morgan fingerprint density at radius 2 is 2.04 bits per heavy atom. The SMILES string of the molecule is COCCNC(=O)NC(=O)CSc1nc(C)c(C)n1C1CCCC1. The van der Waals surface area contributed by atoms with Crippen molar-refractivity contribution in [3.63, 3.8) is 0 Å². The van der Waals surface area contributed by atoms with E-state index in [-0.39, 0.29) is 11.7 Å². The molecule has 1 aromatic heterocycles. The van der Waals surface area contributed by atoms with E-state index in [9.17, 15) is 9.59 Å². The van der Waals surface area contributed by atoms with Crippen LogP contribution in [-0.4, -0.2) is 47.5 Å². The zero-order chi connectivity index (χ0) is 17.5. The summed E-state index contributed by atoms with van der Waals surface area (Å²) >= 11 is 1.38. The number of rotatable bonds is 7. The number of nitrogens with one attached hydrogen (secondary N) is 2. The van der Waals surface area contributed by atoms with Crippen LogP contribution in [0.25, 0.3) is 0 Å². The van der Waals surface area contributed by atoms with Crippen molar-refractivity contribution in [2.24, 2.45) is 0 Å². The minimum atomic E-state index is -0.496. The Labute approximate surface area is 146 Å². The van der Waals surface area contributed by atoms with Gasteiger partial charge in [0.25, 0.3) is 0 Å². The highest BCUT2D eigenvalue weighted by molar-refractivity contribution is 7.99. The average molecular weight is 354 g/mol. The molecule has 0 bridgehead atoms. The molecule has 0 unspecified atom stereocenters. The van der Waals surface area contributed by atoms with Gasteiger partial charge < -0.3 is 14.6 Å². The summed E-state index contributed by atoms with van der Waals surface area (Å²) in [6, 6.07) is -0.0155. The van der Waals surface area contributed by atoms with Gasteiger partial charge in [0.2, 0.25) is 5.91 Å². The highest BCUT2D eigenvalue weighted by Crippen LogP contribution is 2.35. The Kier molecular flexibility index (Phi) is 7.11. The Bertz CT molecular complexity index is 582. The second-order valence-electron chi connectivity index (χ2n) is 5.96. The lowest BCUT2D eigenvalue weighted by Gasteiger charge is -2.16. The number of carbonyl (C=O) groups excluding carboxylic acids is 2. The molecule has 8 heteroatoms. The highest BCUT2D eigenvalue weighted by atomic mass is 32.2. The molecular formula is C16H26N4O3S. The van der Waals surface area contributed by atoms with E-state index in [1.54, 1.807) is 7.11 Å². The van der Waals surface area contributed by atoms with Crippen LogP contribution in [0.2, 0.25) is 0 Å². The third kappa shape index (κ3) is 4.98. The van der Waals surface area contributed by atoms with Gasteiger partial charge in [-0.15, -0.1) is 0 Å². The number of aromatic nitrogens is 2. The van der Waals surface area contributed by atoms with Gasteiger partial charge in [-0.05, 0) is 26.7 Å². The maximum atomic E-state index is 11.9. The van der Waals surface area contributed by atoms with Gasteiger partial charge in [0.15, 0.2) is 5.16 Å². The van der Waals surface area contributed by atoms with Crippen molar-refractivity contribution in [1.82, 2.24) is 20.2 Å². The summed E-state index contributed by atoms with van der Waals surface area (Å²) in [7, 11) is 1.55. The monoisotopic (exact) mass is 354 g/mol. The summed E-state index contributed by atoms with van der Waals surface area (Å²) in [5.41, 5.74) is 2.17. The summed E-state index contributed by atoms with van der Waals surface area (Å²) in [6.07, 6.45) is 4.82. The first-order valence-electron chi connectivity index (χ1n) is 8.27. The van der Waals surface area contributed by atoms with E-state index in [0.717, 1.165) is 23.7 Å². The standard InChI is InChI=1S/C16H26N4O3S/c1-11-12(2)20(13-6-4-5-7-13)16(18-11)24-10-14(21)19-15(22)17-8-9-23-3/h13H,4-10H2,1-3H3,(H2,17,19,21,22). The number of imidazole rings is 1. The van der Waals surface area contributed by atoms with Gasteiger partial charge >= 0.3 is 6.03 Å². The number of urea groups is 1. The summed E-state index contributed by atoms with van der Waals surface area (Å²) in [5.74, 6) is -0.161.